The zero-order chi connectivity index (χ0) is 10.6. The van der Waals surface area contributed by atoms with Crippen molar-refractivity contribution in [1.29, 1.82) is 0 Å². The molecule has 0 fully saturated rings. The van der Waals surface area contributed by atoms with E-state index in [2.05, 4.69) is 0 Å². The van der Waals surface area contributed by atoms with Crippen LogP contribution in [0.2, 0.25) is 0 Å². The maximum absolute atomic E-state index is 12.8. The van der Waals surface area contributed by atoms with Crippen LogP contribution < -0.4 is 5.73 Å². The topological polar surface area (TPSA) is 26.0 Å². The molecular formula is C10H13F2NS. The van der Waals surface area contributed by atoms with Crippen molar-refractivity contribution in [2.45, 2.75) is 23.5 Å². The van der Waals surface area contributed by atoms with Gasteiger partial charge in [0.1, 0.15) is 0 Å². The molecule has 2 N–H and O–H groups in total. The second kappa shape index (κ2) is 5.32. The van der Waals surface area contributed by atoms with Crippen molar-refractivity contribution >= 4 is 11.8 Å². The lowest BCUT2D eigenvalue weighted by atomic mass is 10.3. The fourth-order valence-electron chi connectivity index (χ4n) is 1.08. The summed E-state index contributed by atoms with van der Waals surface area (Å²) in [6, 6.07) is 3.94. The minimum Gasteiger partial charge on any atom is -0.330 e. The number of thioether (sulfide) groups is 1. The third kappa shape index (κ3) is 3.27. The summed E-state index contributed by atoms with van der Waals surface area (Å²) in [5.74, 6) is -1.60. The number of halogens is 2. The zero-order valence-corrected chi connectivity index (χ0v) is 8.78. The van der Waals surface area contributed by atoms with Gasteiger partial charge < -0.3 is 5.73 Å². The normalized spacial score (nSPS) is 12.9. The van der Waals surface area contributed by atoms with Crippen molar-refractivity contribution in [1.82, 2.24) is 0 Å². The van der Waals surface area contributed by atoms with Crippen molar-refractivity contribution in [2.75, 3.05) is 6.54 Å². The minimum absolute atomic E-state index is 0.324. The smallest absolute Gasteiger partial charge is 0.159 e. The highest BCUT2D eigenvalue weighted by Gasteiger charge is 2.06. The first-order valence-electron chi connectivity index (χ1n) is 4.45. The van der Waals surface area contributed by atoms with Crippen LogP contribution >= 0.6 is 11.8 Å². The van der Waals surface area contributed by atoms with E-state index in [9.17, 15) is 8.78 Å². The lowest BCUT2D eigenvalue weighted by Gasteiger charge is -2.09. The van der Waals surface area contributed by atoms with Crippen molar-refractivity contribution in [2.24, 2.45) is 5.73 Å². The van der Waals surface area contributed by atoms with Crippen molar-refractivity contribution in [3.8, 4) is 0 Å². The molecule has 0 aliphatic rings. The van der Waals surface area contributed by atoms with Gasteiger partial charge in [-0.2, -0.15) is 0 Å². The van der Waals surface area contributed by atoms with Gasteiger partial charge >= 0.3 is 0 Å². The molecule has 1 atom stereocenters. The van der Waals surface area contributed by atoms with Crippen LogP contribution in [-0.2, 0) is 0 Å². The van der Waals surface area contributed by atoms with Crippen LogP contribution in [0.5, 0.6) is 0 Å². The summed E-state index contributed by atoms with van der Waals surface area (Å²) < 4.78 is 25.4. The Morgan fingerprint density at radius 3 is 2.64 bits per heavy atom. The highest BCUT2D eigenvalue weighted by atomic mass is 32.2. The summed E-state index contributed by atoms with van der Waals surface area (Å²) in [5, 5.41) is 0.324. The van der Waals surface area contributed by atoms with Crippen LogP contribution in [0.3, 0.4) is 0 Å². The van der Waals surface area contributed by atoms with E-state index in [1.54, 1.807) is 6.07 Å². The molecule has 0 amide bonds. The second-order valence-electron chi connectivity index (χ2n) is 3.08. The molecule has 1 rings (SSSR count). The molecule has 14 heavy (non-hydrogen) atoms. The monoisotopic (exact) mass is 217 g/mol. The fraction of sp³-hybridized carbons (Fsp3) is 0.400. The van der Waals surface area contributed by atoms with E-state index in [4.69, 9.17) is 5.73 Å². The van der Waals surface area contributed by atoms with Crippen LogP contribution in [0.15, 0.2) is 23.1 Å². The van der Waals surface area contributed by atoms with Crippen LogP contribution in [0.1, 0.15) is 13.3 Å². The van der Waals surface area contributed by atoms with E-state index in [1.807, 2.05) is 6.92 Å². The molecule has 1 nitrogen and oxygen atoms in total. The molecule has 1 aromatic carbocycles. The third-order valence-electron chi connectivity index (χ3n) is 1.80. The molecule has 0 aliphatic heterocycles. The van der Waals surface area contributed by atoms with Crippen LogP contribution in [0.4, 0.5) is 8.78 Å². The number of rotatable bonds is 4. The quantitative estimate of drug-likeness (QED) is 0.785. The number of hydrogen-bond acceptors (Lipinski definition) is 2. The minimum atomic E-state index is -0.805. The average Bonchev–Trinajstić information content (AvgIpc) is 2.12. The first kappa shape index (κ1) is 11.5. The molecule has 0 saturated heterocycles. The fourth-order valence-corrected chi connectivity index (χ4v) is 2.11. The number of hydrogen-bond donors (Lipinski definition) is 1. The van der Waals surface area contributed by atoms with Gasteiger partial charge in [-0.25, -0.2) is 8.78 Å². The van der Waals surface area contributed by atoms with Gasteiger partial charge in [0.05, 0.1) is 0 Å². The largest absolute Gasteiger partial charge is 0.330 e. The van der Waals surface area contributed by atoms with Crippen molar-refractivity contribution < 1.29 is 8.78 Å². The van der Waals surface area contributed by atoms with E-state index in [0.29, 0.717) is 11.8 Å². The maximum atomic E-state index is 12.8. The predicted octanol–water partition coefficient (Wildman–Crippen LogP) is 2.79. The molecule has 78 valence electrons. The first-order chi connectivity index (χ1) is 6.63. The highest BCUT2D eigenvalue weighted by Crippen LogP contribution is 2.25. The zero-order valence-electron chi connectivity index (χ0n) is 7.97. The molecule has 0 radical (unpaired) electrons. The Morgan fingerprint density at radius 2 is 2.07 bits per heavy atom. The summed E-state index contributed by atoms with van der Waals surface area (Å²) in [7, 11) is 0. The van der Waals surface area contributed by atoms with Gasteiger partial charge in [-0.1, -0.05) is 6.92 Å². The van der Waals surface area contributed by atoms with E-state index in [0.717, 1.165) is 17.4 Å². The van der Waals surface area contributed by atoms with E-state index in [1.165, 1.54) is 17.8 Å². The van der Waals surface area contributed by atoms with E-state index >= 15 is 0 Å². The lowest BCUT2D eigenvalue weighted by molar-refractivity contribution is 0.506. The number of nitrogens with two attached hydrogens (primary N) is 1. The van der Waals surface area contributed by atoms with Crippen molar-refractivity contribution in [3.63, 3.8) is 0 Å². The summed E-state index contributed by atoms with van der Waals surface area (Å²) in [5.41, 5.74) is 5.39. The molecule has 0 spiro atoms. The van der Waals surface area contributed by atoms with Gasteiger partial charge in [0.25, 0.3) is 0 Å². The molecule has 1 aromatic rings. The first-order valence-corrected chi connectivity index (χ1v) is 5.33. The summed E-state index contributed by atoms with van der Waals surface area (Å²) in [4.78, 5) is 0.741. The second-order valence-corrected chi connectivity index (χ2v) is 4.59. The summed E-state index contributed by atoms with van der Waals surface area (Å²) >= 11 is 1.50. The van der Waals surface area contributed by atoms with E-state index < -0.39 is 11.6 Å². The molecule has 4 heteroatoms. The maximum Gasteiger partial charge on any atom is 0.159 e. The lowest BCUT2D eigenvalue weighted by Crippen LogP contribution is -2.06. The Labute approximate surface area is 86.7 Å². The summed E-state index contributed by atoms with van der Waals surface area (Å²) in [6.45, 7) is 2.62. The van der Waals surface area contributed by atoms with Gasteiger partial charge in [0.15, 0.2) is 11.6 Å². The Hall–Kier alpha value is -0.610. The van der Waals surface area contributed by atoms with Crippen LogP contribution in [0.25, 0.3) is 0 Å². The van der Waals surface area contributed by atoms with Gasteiger partial charge in [0.2, 0.25) is 0 Å². The molecule has 0 aliphatic carbocycles. The average molecular weight is 217 g/mol. The van der Waals surface area contributed by atoms with Gasteiger partial charge in [-0.15, -0.1) is 11.8 Å². The Kier molecular flexibility index (Phi) is 4.35. The van der Waals surface area contributed by atoms with Gasteiger partial charge in [0, 0.05) is 10.1 Å². The molecule has 0 heterocycles. The third-order valence-corrected chi connectivity index (χ3v) is 2.97. The Bertz CT molecular complexity index is 304. The molecule has 0 aromatic heterocycles. The Balaban J connectivity index is 2.63. The van der Waals surface area contributed by atoms with Crippen LogP contribution in [-0.4, -0.2) is 11.8 Å². The van der Waals surface area contributed by atoms with Crippen LogP contribution in [0, 0.1) is 11.6 Å². The van der Waals surface area contributed by atoms with Gasteiger partial charge in [-0.05, 0) is 31.2 Å². The SMILES string of the molecule is CC(CCN)Sc1ccc(F)c(F)c1. The highest BCUT2D eigenvalue weighted by molar-refractivity contribution is 7.99. The number of benzene rings is 1. The molecule has 0 saturated carbocycles. The summed E-state index contributed by atoms with van der Waals surface area (Å²) in [6.07, 6.45) is 0.865. The predicted molar refractivity (Wildman–Crippen MR) is 55.3 cm³/mol. The van der Waals surface area contributed by atoms with Crippen molar-refractivity contribution in [3.05, 3.63) is 29.8 Å². The Morgan fingerprint density at radius 1 is 1.36 bits per heavy atom. The molecular weight excluding hydrogens is 204 g/mol. The van der Waals surface area contributed by atoms with Gasteiger partial charge in [-0.3, -0.25) is 0 Å². The standard InChI is InChI=1S/C10H13F2NS/c1-7(4-5-13)14-8-2-3-9(11)10(12)6-8/h2-3,6-7H,4-5,13H2,1H3. The van der Waals surface area contributed by atoms with E-state index in [-0.39, 0.29) is 0 Å². The molecule has 0 bridgehead atoms. The molecule has 1 unspecified atom stereocenters.